The summed E-state index contributed by atoms with van der Waals surface area (Å²) in [6.45, 7) is 3.16. The molecule has 1 aliphatic rings. The Morgan fingerprint density at radius 1 is 1.33 bits per heavy atom. The predicted octanol–water partition coefficient (Wildman–Crippen LogP) is 5.33. The molecule has 0 saturated heterocycles. The highest BCUT2D eigenvalue weighted by molar-refractivity contribution is 9.10. The van der Waals surface area contributed by atoms with Crippen molar-refractivity contribution in [3.05, 3.63) is 33.3 Å². The molecule has 1 unspecified atom stereocenters. The topological polar surface area (TPSA) is 12.0 Å². The molecule has 0 heterocycles. The molecular formula is C15H21BrClN. The minimum Gasteiger partial charge on any atom is -0.310 e. The van der Waals surface area contributed by atoms with Crippen molar-refractivity contribution in [2.45, 2.75) is 45.1 Å². The van der Waals surface area contributed by atoms with Crippen molar-refractivity contribution in [2.75, 3.05) is 6.54 Å². The average molecular weight is 331 g/mol. The van der Waals surface area contributed by atoms with Gasteiger partial charge in [0.25, 0.3) is 0 Å². The van der Waals surface area contributed by atoms with Crippen LogP contribution in [0.3, 0.4) is 0 Å². The third-order valence-corrected chi connectivity index (χ3v) is 4.68. The zero-order valence-electron chi connectivity index (χ0n) is 10.9. The first-order valence-corrected chi connectivity index (χ1v) is 8.07. The standard InChI is InChI=1S/C15H21BrClN/c1-2-18-15(11-6-4-3-5-7-11)13-10-12(16)8-9-14(13)17/h8-11,15,18H,2-7H2,1H3. The van der Waals surface area contributed by atoms with Gasteiger partial charge in [-0.25, -0.2) is 0 Å². The summed E-state index contributed by atoms with van der Waals surface area (Å²) in [7, 11) is 0. The van der Waals surface area contributed by atoms with Crippen molar-refractivity contribution in [3.8, 4) is 0 Å². The second-order valence-corrected chi connectivity index (χ2v) is 6.42. The lowest BCUT2D eigenvalue weighted by Gasteiger charge is -2.32. The van der Waals surface area contributed by atoms with E-state index >= 15 is 0 Å². The lowest BCUT2D eigenvalue weighted by atomic mass is 9.81. The zero-order valence-corrected chi connectivity index (χ0v) is 13.2. The van der Waals surface area contributed by atoms with Crippen molar-refractivity contribution in [3.63, 3.8) is 0 Å². The van der Waals surface area contributed by atoms with Crippen LogP contribution in [0.2, 0.25) is 5.02 Å². The molecule has 0 aromatic heterocycles. The second-order valence-electron chi connectivity index (χ2n) is 5.10. The number of hydrogen-bond donors (Lipinski definition) is 1. The van der Waals surface area contributed by atoms with E-state index in [0.717, 1.165) is 22.0 Å². The van der Waals surface area contributed by atoms with Gasteiger partial charge >= 0.3 is 0 Å². The van der Waals surface area contributed by atoms with Crippen molar-refractivity contribution in [1.29, 1.82) is 0 Å². The molecule has 3 heteroatoms. The van der Waals surface area contributed by atoms with E-state index in [1.54, 1.807) is 0 Å². The molecule has 18 heavy (non-hydrogen) atoms. The van der Waals surface area contributed by atoms with E-state index in [9.17, 15) is 0 Å². The first-order valence-electron chi connectivity index (χ1n) is 6.90. The molecule has 1 N–H and O–H groups in total. The van der Waals surface area contributed by atoms with Crippen LogP contribution < -0.4 is 5.32 Å². The van der Waals surface area contributed by atoms with Gasteiger partial charge in [0.15, 0.2) is 0 Å². The van der Waals surface area contributed by atoms with Crippen LogP contribution in [0.4, 0.5) is 0 Å². The summed E-state index contributed by atoms with van der Waals surface area (Å²) in [5.74, 6) is 0.727. The van der Waals surface area contributed by atoms with Crippen LogP contribution >= 0.6 is 27.5 Å². The van der Waals surface area contributed by atoms with Gasteiger partial charge in [-0.05, 0) is 49.1 Å². The van der Waals surface area contributed by atoms with Crippen LogP contribution in [0.25, 0.3) is 0 Å². The minimum absolute atomic E-state index is 0.403. The molecule has 1 saturated carbocycles. The Hall–Kier alpha value is -0.0500. The van der Waals surface area contributed by atoms with Crippen LogP contribution in [-0.2, 0) is 0 Å². The number of nitrogens with one attached hydrogen (secondary N) is 1. The SMILES string of the molecule is CCNC(c1cc(Br)ccc1Cl)C1CCCCC1. The zero-order chi connectivity index (χ0) is 13.0. The Morgan fingerprint density at radius 2 is 2.06 bits per heavy atom. The number of rotatable bonds is 4. The van der Waals surface area contributed by atoms with Gasteiger partial charge < -0.3 is 5.32 Å². The van der Waals surface area contributed by atoms with Crippen molar-refractivity contribution < 1.29 is 0 Å². The normalized spacial score (nSPS) is 18.8. The van der Waals surface area contributed by atoms with Crippen molar-refractivity contribution >= 4 is 27.5 Å². The van der Waals surface area contributed by atoms with Gasteiger partial charge in [-0.15, -0.1) is 0 Å². The third-order valence-electron chi connectivity index (χ3n) is 3.84. The summed E-state index contributed by atoms with van der Waals surface area (Å²) >= 11 is 9.94. The van der Waals surface area contributed by atoms with Gasteiger partial charge in [0.1, 0.15) is 0 Å². The monoisotopic (exact) mass is 329 g/mol. The molecule has 0 bridgehead atoms. The summed E-state index contributed by atoms with van der Waals surface area (Å²) in [5, 5.41) is 4.52. The fraction of sp³-hybridized carbons (Fsp3) is 0.600. The van der Waals surface area contributed by atoms with E-state index in [0.29, 0.717) is 6.04 Å². The Morgan fingerprint density at radius 3 is 2.72 bits per heavy atom. The van der Waals surface area contributed by atoms with E-state index in [1.165, 1.54) is 37.7 Å². The van der Waals surface area contributed by atoms with Crippen LogP contribution in [0.15, 0.2) is 22.7 Å². The van der Waals surface area contributed by atoms with E-state index in [-0.39, 0.29) is 0 Å². The maximum atomic E-state index is 6.39. The van der Waals surface area contributed by atoms with Crippen molar-refractivity contribution in [2.24, 2.45) is 5.92 Å². The highest BCUT2D eigenvalue weighted by Gasteiger charge is 2.25. The first kappa shape index (κ1) is 14.4. The fourth-order valence-electron chi connectivity index (χ4n) is 2.97. The van der Waals surface area contributed by atoms with Crippen LogP contribution in [0, 0.1) is 5.92 Å². The highest BCUT2D eigenvalue weighted by Crippen LogP contribution is 2.37. The van der Waals surface area contributed by atoms with Crippen LogP contribution in [0.1, 0.15) is 50.6 Å². The lowest BCUT2D eigenvalue weighted by Crippen LogP contribution is -2.29. The molecule has 1 aromatic carbocycles. The van der Waals surface area contributed by atoms with E-state index in [4.69, 9.17) is 11.6 Å². The summed E-state index contributed by atoms with van der Waals surface area (Å²) in [6, 6.07) is 6.58. The molecule has 100 valence electrons. The summed E-state index contributed by atoms with van der Waals surface area (Å²) < 4.78 is 1.11. The highest BCUT2D eigenvalue weighted by atomic mass is 79.9. The lowest BCUT2D eigenvalue weighted by molar-refractivity contribution is 0.274. The largest absolute Gasteiger partial charge is 0.310 e. The van der Waals surface area contributed by atoms with Gasteiger partial charge in [-0.1, -0.05) is 53.7 Å². The van der Waals surface area contributed by atoms with E-state index in [2.05, 4.69) is 34.2 Å². The molecule has 1 aromatic rings. The Balaban J connectivity index is 2.24. The molecule has 0 radical (unpaired) electrons. The second kappa shape index (κ2) is 6.93. The molecule has 1 fully saturated rings. The Bertz CT molecular complexity index is 388. The smallest absolute Gasteiger partial charge is 0.0454 e. The minimum atomic E-state index is 0.403. The molecule has 0 aliphatic heterocycles. The van der Waals surface area contributed by atoms with Crippen LogP contribution in [-0.4, -0.2) is 6.54 Å². The van der Waals surface area contributed by atoms with Gasteiger partial charge in [-0.2, -0.15) is 0 Å². The maximum absolute atomic E-state index is 6.39. The molecule has 1 aliphatic carbocycles. The quantitative estimate of drug-likeness (QED) is 0.786. The summed E-state index contributed by atoms with van der Waals surface area (Å²) in [6.07, 6.45) is 6.75. The molecule has 2 rings (SSSR count). The number of hydrogen-bond acceptors (Lipinski definition) is 1. The number of benzene rings is 1. The van der Waals surface area contributed by atoms with Gasteiger partial charge in [0.2, 0.25) is 0 Å². The van der Waals surface area contributed by atoms with Crippen molar-refractivity contribution in [1.82, 2.24) is 5.32 Å². The van der Waals surface area contributed by atoms with E-state index in [1.807, 2.05) is 12.1 Å². The predicted molar refractivity (Wildman–Crippen MR) is 82.1 cm³/mol. The van der Waals surface area contributed by atoms with Gasteiger partial charge in [-0.3, -0.25) is 0 Å². The molecule has 1 nitrogen and oxygen atoms in total. The maximum Gasteiger partial charge on any atom is 0.0454 e. The molecule has 0 spiro atoms. The third kappa shape index (κ3) is 3.49. The van der Waals surface area contributed by atoms with Crippen LogP contribution in [0.5, 0.6) is 0 Å². The van der Waals surface area contributed by atoms with Gasteiger partial charge in [0.05, 0.1) is 0 Å². The molecule has 1 atom stereocenters. The Labute approximate surface area is 123 Å². The summed E-state index contributed by atoms with van der Waals surface area (Å²) in [5.41, 5.74) is 1.25. The fourth-order valence-corrected chi connectivity index (χ4v) is 3.58. The van der Waals surface area contributed by atoms with E-state index < -0.39 is 0 Å². The Kier molecular flexibility index (Phi) is 5.53. The summed E-state index contributed by atoms with van der Waals surface area (Å²) in [4.78, 5) is 0. The van der Waals surface area contributed by atoms with Gasteiger partial charge in [0, 0.05) is 15.5 Å². The molecular weight excluding hydrogens is 310 g/mol. The molecule has 0 amide bonds. The number of halogens is 2. The average Bonchev–Trinajstić information content (AvgIpc) is 2.40. The first-order chi connectivity index (χ1) is 8.72.